The van der Waals surface area contributed by atoms with Crippen LogP contribution in [-0.4, -0.2) is 23.5 Å². The minimum absolute atomic E-state index is 0.0764. The number of hydrogen-bond donors (Lipinski definition) is 1. The lowest BCUT2D eigenvalue weighted by Crippen LogP contribution is -2.42. The van der Waals surface area contributed by atoms with Gasteiger partial charge in [-0.25, -0.2) is 4.79 Å². The summed E-state index contributed by atoms with van der Waals surface area (Å²) in [6, 6.07) is 0.0764. The van der Waals surface area contributed by atoms with Crippen LogP contribution in [0.3, 0.4) is 0 Å². The monoisotopic (exact) mass is 241 g/mol. The standard InChI is InChI=1S/C13H23NO3/c1-9(15)10-6-5-7-11(8-10)14-12(16)17-13(2,3)4/h10-11H,5-8H2,1-4H3,(H,14,16). The van der Waals surface area contributed by atoms with Crippen molar-refractivity contribution >= 4 is 11.9 Å². The summed E-state index contributed by atoms with van der Waals surface area (Å²) in [6.45, 7) is 7.14. The molecule has 1 N–H and O–H groups in total. The Hall–Kier alpha value is -1.06. The molecule has 1 aliphatic rings. The van der Waals surface area contributed by atoms with E-state index in [4.69, 9.17) is 4.74 Å². The molecule has 1 fully saturated rings. The summed E-state index contributed by atoms with van der Waals surface area (Å²) in [6.07, 6.45) is 3.23. The van der Waals surface area contributed by atoms with Crippen molar-refractivity contribution < 1.29 is 14.3 Å². The van der Waals surface area contributed by atoms with Crippen molar-refractivity contribution in [3.8, 4) is 0 Å². The van der Waals surface area contributed by atoms with Crippen LogP contribution < -0.4 is 5.32 Å². The van der Waals surface area contributed by atoms with Crippen LogP contribution >= 0.6 is 0 Å². The molecule has 1 amide bonds. The van der Waals surface area contributed by atoms with Crippen LogP contribution in [0.1, 0.15) is 53.4 Å². The van der Waals surface area contributed by atoms with E-state index in [0.29, 0.717) is 0 Å². The van der Waals surface area contributed by atoms with Gasteiger partial charge in [-0.05, 0) is 47.0 Å². The summed E-state index contributed by atoms with van der Waals surface area (Å²) in [7, 11) is 0. The van der Waals surface area contributed by atoms with Crippen molar-refractivity contribution in [2.75, 3.05) is 0 Å². The molecule has 0 radical (unpaired) electrons. The van der Waals surface area contributed by atoms with Crippen LogP contribution in [0.5, 0.6) is 0 Å². The van der Waals surface area contributed by atoms with E-state index in [0.717, 1.165) is 25.7 Å². The fourth-order valence-electron chi connectivity index (χ4n) is 2.16. The second-order valence-corrected chi connectivity index (χ2v) is 5.82. The molecule has 0 aromatic heterocycles. The van der Waals surface area contributed by atoms with Gasteiger partial charge in [-0.3, -0.25) is 4.79 Å². The maximum Gasteiger partial charge on any atom is 0.407 e. The van der Waals surface area contributed by atoms with Gasteiger partial charge >= 0.3 is 6.09 Å². The molecule has 4 nitrogen and oxygen atoms in total. The zero-order chi connectivity index (χ0) is 13.1. The van der Waals surface area contributed by atoms with Crippen molar-refractivity contribution in [2.24, 2.45) is 5.92 Å². The first-order chi connectivity index (χ1) is 7.78. The summed E-state index contributed by atoms with van der Waals surface area (Å²) in [5.74, 6) is 0.323. The molecule has 1 aliphatic carbocycles. The van der Waals surface area contributed by atoms with Crippen molar-refractivity contribution in [3.63, 3.8) is 0 Å². The molecule has 2 atom stereocenters. The number of hydrogen-bond acceptors (Lipinski definition) is 3. The number of carbonyl (C=O) groups is 2. The van der Waals surface area contributed by atoms with Crippen LogP contribution in [0.4, 0.5) is 4.79 Å². The Bertz CT molecular complexity index is 294. The molecule has 2 unspecified atom stereocenters. The first kappa shape index (κ1) is 14.0. The molecule has 0 aromatic carbocycles. The van der Waals surface area contributed by atoms with E-state index in [9.17, 15) is 9.59 Å². The Balaban J connectivity index is 2.41. The number of amides is 1. The molecule has 98 valence electrons. The van der Waals surface area contributed by atoms with Gasteiger partial charge in [0.15, 0.2) is 0 Å². The van der Waals surface area contributed by atoms with Crippen molar-refractivity contribution in [1.82, 2.24) is 5.32 Å². The molecule has 17 heavy (non-hydrogen) atoms. The first-order valence-corrected chi connectivity index (χ1v) is 6.28. The van der Waals surface area contributed by atoms with Crippen molar-refractivity contribution in [2.45, 2.75) is 65.0 Å². The van der Waals surface area contributed by atoms with Crippen molar-refractivity contribution in [1.29, 1.82) is 0 Å². The molecule has 4 heteroatoms. The smallest absolute Gasteiger partial charge is 0.407 e. The first-order valence-electron chi connectivity index (χ1n) is 6.28. The highest BCUT2D eigenvalue weighted by atomic mass is 16.6. The van der Waals surface area contributed by atoms with Gasteiger partial charge in [0, 0.05) is 12.0 Å². The molecular formula is C13H23NO3. The quantitative estimate of drug-likeness (QED) is 0.808. The third kappa shape index (κ3) is 5.20. The normalized spacial score (nSPS) is 25.2. The van der Waals surface area contributed by atoms with E-state index in [1.54, 1.807) is 6.92 Å². The molecule has 0 aromatic rings. The maximum absolute atomic E-state index is 11.6. The number of rotatable bonds is 2. The third-order valence-corrected chi connectivity index (χ3v) is 2.97. The number of carbonyl (C=O) groups excluding carboxylic acids is 2. The Morgan fingerprint density at radius 3 is 2.41 bits per heavy atom. The van der Waals surface area contributed by atoms with Crippen LogP contribution in [-0.2, 0) is 9.53 Å². The largest absolute Gasteiger partial charge is 0.444 e. The summed E-state index contributed by atoms with van der Waals surface area (Å²) in [5.41, 5.74) is -0.473. The fourth-order valence-corrected chi connectivity index (χ4v) is 2.16. The minimum atomic E-state index is -0.473. The number of ether oxygens (including phenoxy) is 1. The van der Waals surface area contributed by atoms with E-state index >= 15 is 0 Å². The van der Waals surface area contributed by atoms with Crippen LogP contribution in [0.15, 0.2) is 0 Å². The second kappa shape index (κ2) is 5.52. The third-order valence-electron chi connectivity index (χ3n) is 2.97. The molecule has 1 saturated carbocycles. The highest BCUT2D eigenvalue weighted by Gasteiger charge is 2.27. The van der Waals surface area contributed by atoms with Gasteiger partial charge in [-0.15, -0.1) is 0 Å². The highest BCUT2D eigenvalue weighted by molar-refractivity contribution is 5.78. The minimum Gasteiger partial charge on any atom is -0.444 e. The van der Waals surface area contributed by atoms with Crippen molar-refractivity contribution in [3.05, 3.63) is 0 Å². The van der Waals surface area contributed by atoms with Crippen LogP contribution in [0, 0.1) is 5.92 Å². The van der Waals surface area contributed by atoms with Gasteiger partial charge in [0.2, 0.25) is 0 Å². The lowest BCUT2D eigenvalue weighted by atomic mass is 9.83. The number of ketones is 1. The average Bonchev–Trinajstić information content (AvgIpc) is 2.14. The Labute approximate surface area is 103 Å². The molecular weight excluding hydrogens is 218 g/mol. The zero-order valence-corrected chi connectivity index (χ0v) is 11.2. The highest BCUT2D eigenvalue weighted by Crippen LogP contribution is 2.25. The van der Waals surface area contributed by atoms with E-state index in [1.165, 1.54) is 0 Å². The van der Waals surface area contributed by atoms with Gasteiger partial charge in [0.05, 0.1) is 0 Å². The van der Waals surface area contributed by atoms with Gasteiger partial charge in [-0.1, -0.05) is 6.42 Å². The molecule has 0 heterocycles. The summed E-state index contributed by atoms with van der Waals surface area (Å²) >= 11 is 0. The lowest BCUT2D eigenvalue weighted by Gasteiger charge is -2.29. The Morgan fingerprint density at radius 1 is 1.24 bits per heavy atom. The average molecular weight is 241 g/mol. The fraction of sp³-hybridized carbons (Fsp3) is 0.846. The summed E-state index contributed by atoms with van der Waals surface area (Å²) in [4.78, 5) is 22.9. The molecule has 0 bridgehead atoms. The summed E-state index contributed by atoms with van der Waals surface area (Å²) < 4.78 is 5.20. The van der Waals surface area contributed by atoms with Crippen LogP contribution in [0.25, 0.3) is 0 Å². The number of Topliss-reactive ketones (excluding diaryl/α,β-unsaturated/α-hetero) is 1. The second-order valence-electron chi connectivity index (χ2n) is 5.82. The number of alkyl carbamates (subject to hydrolysis) is 1. The van der Waals surface area contributed by atoms with Gasteiger partial charge in [-0.2, -0.15) is 0 Å². The lowest BCUT2D eigenvalue weighted by molar-refractivity contribution is -0.121. The molecule has 0 spiro atoms. The molecule has 0 saturated heterocycles. The van der Waals surface area contributed by atoms with Gasteiger partial charge in [0.25, 0.3) is 0 Å². The van der Waals surface area contributed by atoms with Crippen LogP contribution in [0.2, 0.25) is 0 Å². The van der Waals surface area contributed by atoms with E-state index in [-0.39, 0.29) is 23.8 Å². The van der Waals surface area contributed by atoms with E-state index in [2.05, 4.69) is 5.32 Å². The summed E-state index contributed by atoms with van der Waals surface area (Å²) in [5, 5.41) is 2.85. The number of nitrogens with one attached hydrogen (secondary N) is 1. The zero-order valence-electron chi connectivity index (χ0n) is 11.2. The SMILES string of the molecule is CC(=O)C1CCCC(NC(=O)OC(C)(C)C)C1. The maximum atomic E-state index is 11.6. The van der Waals surface area contributed by atoms with E-state index in [1.807, 2.05) is 20.8 Å². The predicted octanol–water partition coefficient (Wildman–Crippen LogP) is 2.66. The van der Waals surface area contributed by atoms with E-state index < -0.39 is 5.60 Å². The molecule has 0 aliphatic heterocycles. The Kier molecular flexibility index (Phi) is 4.54. The molecule has 1 rings (SSSR count). The Morgan fingerprint density at radius 2 is 1.88 bits per heavy atom. The predicted molar refractivity (Wildman–Crippen MR) is 65.8 cm³/mol. The topological polar surface area (TPSA) is 55.4 Å². The van der Waals surface area contributed by atoms with Gasteiger partial charge in [0.1, 0.15) is 11.4 Å². The van der Waals surface area contributed by atoms with Gasteiger partial charge < -0.3 is 10.1 Å².